The molecule has 30 heavy (non-hydrogen) atoms. The molecule has 3 heterocycles. The van der Waals surface area contributed by atoms with Crippen molar-refractivity contribution in [1.29, 1.82) is 0 Å². The third-order valence-electron chi connectivity index (χ3n) is 4.68. The van der Waals surface area contributed by atoms with E-state index >= 15 is 0 Å². The first kappa shape index (κ1) is 20.3. The van der Waals surface area contributed by atoms with Gasteiger partial charge in [0.15, 0.2) is 16.3 Å². The van der Waals surface area contributed by atoms with Crippen LogP contribution in [0.25, 0.3) is 11.2 Å². The van der Waals surface area contributed by atoms with Crippen LogP contribution in [0.15, 0.2) is 46.6 Å². The van der Waals surface area contributed by atoms with E-state index in [0.717, 1.165) is 12.8 Å². The number of hydrogen-bond donors (Lipinski definition) is 1. The summed E-state index contributed by atoms with van der Waals surface area (Å²) < 4.78 is 12.5. The minimum absolute atomic E-state index is 0.0552. The van der Waals surface area contributed by atoms with Crippen LogP contribution in [0.1, 0.15) is 12.8 Å². The molecular formula is C20H21N5O4S. The summed E-state index contributed by atoms with van der Waals surface area (Å²) in [6, 6.07) is 7.17. The smallest absolute Gasteiger partial charge is 0.282 e. The second-order valence-corrected chi connectivity index (χ2v) is 7.65. The monoisotopic (exact) mass is 427 g/mol. The maximum absolute atomic E-state index is 13.0. The molecule has 0 radical (unpaired) electrons. The quantitative estimate of drug-likeness (QED) is 0.451. The number of thioether (sulfide) groups is 1. The Morgan fingerprint density at radius 1 is 1.33 bits per heavy atom. The normalized spacial score (nSPS) is 16.0. The maximum Gasteiger partial charge on any atom is 0.282 e. The molecule has 1 aliphatic heterocycles. The van der Waals surface area contributed by atoms with Gasteiger partial charge in [0, 0.05) is 19.0 Å². The van der Waals surface area contributed by atoms with Gasteiger partial charge in [-0.05, 0) is 25.0 Å². The minimum atomic E-state index is -0.281. The van der Waals surface area contributed by atoms with Crippen molar-refractivity contribution >= 4 is 34.5 Å². The highest BCUT2D eigenvalue weighted by molar-refractivity contribution is 7.99. The van der Waals surface area contributed by atoms with E-state index in [2.05, 4.69) is 20.3 Å². The van der Waals surface area contributed by atoms with Crippen molar-refractivity contribution in [3.05, 3.63) is 47.0 Å². The van der Waals surface area contributed by atoms with Crippen molar-refractivity contribution in [2.24, 2.45) is 0 Å². The van der Waals surface area contributed by atoms with Gasteiger partial charge in [0.2, 0.25) is 5.91 Å². The van der Waals surface area contributed by atoms with E-state index in [1.165, 1.54) is 28.7 Å². The molecular weight excluding hydrogens is 406 g/mol. The molecule has 2 aromatic heterocycles. The molecule has 0 bridgehead atoms. The Bertz CT molecular complexity index is 1110. The first-order valence-corrected chi connectivity index (χ1v) is 10.5. The Balaban J connectivity index is 1.56. The molecule has 156 valence electrons. The fraction of sp³-hybridized carbons (Fsp3) is 0.350. The van der Waals surface area contributed by atoms with Crippen LogP contribution >= 0.6 is 11.8 Å². The van der Waals surface area contributed by atoms with E-state index in [-0.39, 0.29) is 34.5 Å². The van der Waals surface area contributed by atoms with Crippen LogP contribution in [0, 0.1) is 0 Å². The number of ether oxygens (including phenoxy) is 2. The highest BCUT2D eigenvalue weighted by Gasteiger charge is 2.21. The molecule has 4 rings (SSSR count). The number of methoxy groups -OCH3 is 1. The van der Waals surface area contributed by atoms with Crippen molar-refractivity contribution < 1.29 is 14.3 Å². The molecule has 9 nitrogen and oxygen atoms in total. The predicted molar refractivity (Wildman–Crippen MR) is 113 cm³/mol. The van der Waals surface area contributed by atoms with Gasteiger partial charge in [0.1, 0.15) is 5.75 Å². The summed E-state index contributed by atoms with van der Waals surface area (Å²) in [6.45, 7) is 1.05. The molecule has 0 aliphatic carbocycles. The molecule has 0 unspecified atom stereocenters. The molecule has 1 amide bonds. The highest BCUT2D eigenvalue weighted by atomic mass is 32.2. The Hall–Kier alpha value is -2.98. The SMILES string of the molecule is COc1ccccc1NC(=O)CSc1nc2nccnc2c(=O)n1C[C@H]1CCCO1. The van der Waals surface area contributed by atoms with Gasteiger partial charge < -0.3 is 14.8 Å². The number of carbonyl (C=O) groups excluding carboxylic acids is 1. The lowest BCUT2D eigenvalue weighted by atomic mass is 10.2. The van der Waals surface area contributed by atoms with E-state index in [9.17, 15) is 9.59 Å². The summed E-state index contributed by atoms with van der Waals surface area (Å²) in [6.07, 6.45) is 4.74. The number of nitrogens with one attached hydrogen (secondary N) is 1. The minimum Gasteiger partial charge on any atom is -0.495 e. The van der Waals surface area contributed by atoms with E-state index in [4.69, 9.17) is 9.47 Å². The van der Waals surface area contributed by atoms with Crippen LogP contribution in [0.3, 0.4) is 0 Å². The van der Waals surface area contributed by atoms with Crippen LogP contribution in [0.2, 0.25) is 0 Å². The lowest BCUT2D eigenvalue weighted by molar-refractivity contribution is -0.113. The highest BCUT2D eigenvalue weighted by Crippen LogP contribution is 2.24. The van der Waals surface area contributed by atoms with Gasteiger partial charge in [0.25, 0.3) is 5.56 Å². The summed E-state index contributed by atoms with van der Waals surface area (Å²) in [4.78, 5) is 38.2. The lowest BCUT2D eigenvalue weighted by Gasteiger charge is -2.16. The van der Waals surface area contributed by atoms with Gasteiger partial charge in [-0.25, -0.2) is 15.0 Å². The number of benzene rings is 1. The van der Waals surface area contributed by atoms with Crippen LogP contribution < -0.4 is 15.6 Å². The van der Waals surface area contributed by atoms with Crippen molar-refractivity contribution in [3.63, 3.8) is 0 Å². The average molecular weight is 427 g/mol. The van der Waals surface area contributed by atoms with E-state index < -0.39 is 0 Å². The third kappa shape index (κ3) is 4.44. The van der Waals surface area contributed by atoms with Crippen LogP contribution in [0.4, 0.5) is 5.69 Å². The predicted octanol–water partition coefficient (Wildman–Crippen LogP) is 2.10. The number of hydrogen-bond acceptors (Lipinski definition) is 8. The van der Waals surface area contributed by atoms with Crippen molar-refractivity contribution in [1.82, 2.24) is 19.5 Å². The summed E-state index contributed by atoms with van der Waals surface area (Å²) in [5.41, 5.74) is 0.771. The standard InChI is InChI=1S/C20H21N5O4S/c1-28-15-7-3-2-6-14(15)23-16(26)12-30-20-24-18-17(21-8-9-22-18)19(27)25(20)11-13-5-4-10-29-13/h2-3,6-9,13H,4-5,10-12H2,1H3,(H,23,26)/t13-/m1/s1. The van der Waals surface area contributed by atoms with Gasteiger partial charge in [-0.3, -0.25) is 14.2 Å². The molecule has 1 atom stereocenters. The van der Waals surface area contributed by atoms with Crippen molar-refractivity contribution in [2.45, 2.75) is 30.6 Å². The first-order chi connectivity index (χ1) is 14.7. The Morgan fingerprint density at radius 2 is 2.17 bits per heavy atom. The number of carbonyl (C=O) groups is 1. The molecule has 3 aromatic rings. The molecule has 1 fully saturated rings. The summed E-state index contributed by atoms with van der Waals surface area (Å²) in [5.74, 6) is 0.411. The van der Waals surface area contributed by atoms with Gasteiger partial charge >= 0.3 is 0 Å². The number of para-hydroxylation sites is 2. The van der Waals surface area contributed by atoms with E-state index in [1.807, 2.05) is 12.1 Å². The van der Waals surface area contributed by atoms with Gasteiger partial charge in [-0.1, -0.05) is 23.9 Å². The lowest BCUT2D eigenvalue weighted by Crippen LogP contribution is -2.30. The summed E-state index contributed by atoms with van der Waals surface area (Å²) in [5, 5.41) is 3.24. The van der Waals surface area contributed by atoms with Crippen molar-refractivity contribution in [3.8, 4) is 5.75 Å². The van der Waals surface area contributed by atoms with Crippen LogP contribution in [-0.4, -0.2) is 51.0 Å². The molecule has 0 spiro atoms. The fourth-order valence-electron chi connectivity index (χ4n) is 3.26. The number of amides is 1. The Morgan fingerprint density at radius 3 is 2.97 bits per heavy atom. The Kier molecular flexibility index (Phi) is 6.24. The molecule has 0 saturated carbocycles. The second kappa shape index (κ2) is 9.23. The van der Waals surface area contributed by atoms with E-state index in [1.54, 1.807) is 19.2 Å². The zero-order chi connectivity index (χ0) is 20.9. The fourth-order valence-corrected chi connectivity index (χ4v) is 4.05. The van der Waals surface area contributed by atoms with Gasteiger partial charge in [-0.2, -0.15) is 0 Å². The number of anilines is 1. The molecule has 1 N–H and O–H groups in total. The zero-order valence-corrected chi connectivity index (χ0v) is 17.2. The maximum atomic E-state index is 13.0. The van der Waals surface area contributed by atoms with Crippen LogP contribution in [0.5, 0.6) is 5.75 Å². The Labute approximate surface area is 176 Å². The number of fused-ring (bicyclic) bond motifs is 1. The number of aromatic nitrogens is 4. The number of rotatable bonds is 7. The molecule has 10 heteroatoms. The second-order valence-electron chi connectivity index (χ2n) is 6.71. The van der Waals surface area contributed by atoms with E-state index in [0.29, 0.717) is 29.7 Å². The largest absolute Gasteiger partial charge is 0.495 e. The van der Waals surface area contributed by atoms with Gasteiger partial charge in [-0.15, -0.1) is 0 Å². The molecule has 1 aliphatic rings. The average Bonchev–Trinajstić information content (AvgIpc) is 3.28. The van der Waals surface area contributed by atoms with Crippen molar-refractivity contribution in [2.75, 3.05) is 24.8 Å². The molecule has 1 aromatic carbocycles. The first-order valence-electron chi connectivity index (χ1n) is 9.54. The van der Waals surface area contributed by atoms with Gasteiger partial charge in [0.05, 0.1) is 31.2 Å². The molecule has 1 saturated heterocycles. The summed E-state index contributed by atoms with van der Waals surface area (Å²) in [7, 11) is 1.55. The third-order valence-corrected chi connectivity index (χ3v) is 5.66. The number of nitrogens with zero attached hydrogens (tertiary/aromatic N) is 4. The zero-order valence-electron chi connectivity index (χ0n) is 16.4. The summed E-state index contributed by atoms with van der Waals surface area (Å²) >= 11 is 1.18. The topological polar surface area (TPSA) is 108 Å². The van der Waals surface area contributed by atoms with Crippen LogP contribution in [-0.2, 0) is 16.1 Å².